The molecule has 10 heterocycles. The molecule has 0 radical (unpaired) electrons. The van der Waals surface area contributed by atoms with E-state index in [0.29, 0.717) is 11.5 Å². The zero-order chi connectivity index (χ0) is 67.7. The molecule has 100 heavy (non-hydrogen) atoms. The Bertz CT molecular complexity index is 5850. The molecule has 0 aliphatic carbocycles. The van der Waals surface area contributed by atoms with Crippen LogP contribution >= 0.6 is 0 Å². The number of nitrogens with zero attached hydrogens (tertiary/aromatic N) is 8. The van der Waals surface area contributed by atoms with Crippen molar-refractivity contribution >= 4 is 132 Å². The molecule has 10 aromatic heterocycles. The van der Waals surface area contributed by atoms with Gasteiger partial charge < -0.3 is 38.0 Å². The Kier molecular flexibility index (Phi) is 18.2. The van der Waals surface area contributed by atoms with E-state index < -0.39 is 11.9 Å². The standard InChI is InChI=1S/C40H30N4O.C40H28N4O.2C2H4O2.2Pd/c2*1-40(2,3)26-18-20-41-38(22-26)44-34-12-7-5-10-29(34)30-16-15-28(24-37(30)44)45-27-14-17-31-32(23-27)39-35(13-8-19-42-39)43-33-11-6-4-9-25(33)21-36(31)43;2*1-2(3)4;;/h4-24H,1-3H3;4-22H,1-3H3;2*1H3,(H,3,4);;/q;-2;;;;+2. The van der Waals surface area contributed by atoms with Gasteiger partial charge in [0.2, 0.25) is 0 Å². The molecule has 16 heteroatoms. The van der Waals surface area contributed by atoms with Crippen molar-refractivity contribution in [2.75, 3.05) is 0 Å². The summed E-state index contributed by atoms with van der Waals surface area (Å²) in [4.78, 5) is 37.3. The molecular weight excluding hydrogens is 1430 g/mol. The third kappa shape index (κ3) is 12.5. The quantitative estimate of drug-likeness (QED) is 0.0930. The summed E-state index contributed by atoms with van der Waals surface area (Å²) in [5, 5.41) is 26.1. The second-order valence-corrected chi connectivity index (χ2v) is 26.4. The minimum absolute atomic E-state index is 0. The molecular formula is C84H66N8O6Pd2. The molecule has 18 rings (SSSR count). The zero-order valence-corrected chi connectivity index (χ0v) is 58.9. The molecule has 2 N–H and O–H groups in total. The van der Waals surface area contributed by atoms with E-state index in [-0.39, 0.29) is 51.7 Å². The van der Waals surface area contributed by atoms with Gasteiger partial charge in [0.15, 0.2) is 0 Å². The second kappa shape index (κ2) is 27.0. The van der Waals surface area contributed by atoms with Gasteiger partial charge >= 0.3 is 20.4 Å². The maximum absolute atomic E-state index is 9.00. The molecule has 14 nitrogen and oxygen atoms in total. The first-order valence-electron chi connectivity index (χ1n) is 32.4. The first-order valence-corrected chi connectivity index (χ1v) is 32.4. The Morgan fingerprint density at radius 1 is 0.380 bits per heavy atom. The summed E-state index contributed by atoms with van der Waals surface area (Å²) in [5.74, 6) is 2.86. The van der Waals surface area contributed by atoms with Crippen LogP contribution in [-0.4, -0.2) is 60.0 Å². The molecule has 18 aromatic rings. The molecule has 0 fully saturated rings. The zero-order valence-electron chi connectivity index (χ0n) is 55.8. The number of aromatic nitrogens is 8. The number of hydrogen-bond donors (Lipinski definition) is 2. The third-order valence-electron chi connectivity index (χ3n) is 17.8. The van der Waals surface area contributed by atoms with Crippen molar-refractivity contribution in [2.24, 2.45) is 0 Å². The number of carboxylic acids is 2. The smallest absolute Gasteiger partial charge is 0.503 e. The molecule has 0 aliphatic heterocycles. The van der Waals surface area contributed by atoms with Crippen molar-refractivity contribution in [1.29, 1.82) is 0 Å². The molecule has 498 valence electrons. The van der Waals surface area contributed by atoms with E-state index >= 15 is 0 Å². The van der Waals surface area contributed by atoms with Crippen molar-refractivity contribution in [3.63, 3.8) is 0 Å². The van der Waals surface area contributed by atoms with Gasteiger partial charge in [-0.05, 0) is 148 Å². The van der Waals surface area contributed by atoms with Crippen LogP contribution in [-0.2, 0) is 61.3 Å². The van der Waals surface area contributed by atoms with E-state index in [1.54, 1.807) is 0 Å². The Labute approximate surface area is 603 Å². The van der Waals surface area contributed by atoms with Crippen molar-refractivity contribution in [3.05, 3.63) is 266 Å². The summed E-state index contributed by atoms with van der Waals surface area (Å²) in [6, 6.07) is 83.2. The van der Waals surface area contributed by atoms with Crippen molar-refractivity contribution in [3.8, 4) is 34.6 Å². The minimum Gasteiger partial charge on any atom is -0.503 e. The number of ether oxygens (including phenoxy) is 2. The third-order valence-corrected chi connectivity index (χ3v) is 17.8. The fourth-order valence-corrected chi connectivity index (χ4v) is 13.4. The van der Waals surface area contributed by atoms with Crippen LogP contribution in [0.25, 0.3) is 132 Å². The van der Waals surface area contributed by atoms with Crippen LogP contribution in [0.5, 0.6) is 23.0 Å². The number of para-hydroxylation sites is 4. The number of carboxylic acid groups (broad SMARTS) is 2. The maximum Gasteiger partial charge on any atom is 2.00 e. The molecule has 0 saturated heterocycles. The molecule has 0 bridgehead atoms. The van der Waals surface area contributed by atoms with Crippen LogP contribution in [0, 0.1) is 12.1 Å². The van der Waals surface area contributed by atoms with Crippen LogP contribution in [0.15, 0.2) is 243 Å². The summed E-state index contributed by atoms with van der Waals surface area (Å²) in [7, 11) is 0. The number of rotatable bonds is 6. The minimum atomic E-state index is -0.833. The average molecular weight is 1500 g/mol. The second-order valence-electron chi connectivity index (χ2n) is 26.4. The fraction of sp³-hybridized carbons (Fsp3) is 0.119. The van der Waals surface area contributed by atoms with E-state index in [1.807, 2.05) is 49.1 Å². The van der Waals surface area contributed by atoms with Crippen LogP contribution in [0.4, 0.5) is 0 Å². The van der Waals surface area contributed by atoms with E-state index in [4.69, 9.17) is 49.2 Å². The molecule has 0 spiro atoms. The molecule has 8 aromatic carbocycles. The predicted molar refractivity (Wildman–Crippen MR) is 394 cm³/mol. The summed E-state index contributed by atoms with van der Waals surface area (Å²) in [6.07, 6.45) is 7.51. The van der Waals surface area contributed by atoms with Crippen LogP contribution in [0.2, 0.25) is 0 Å². The van der Waals surface area contributed by atoms with Gasteiger partial charge in [0.05, 0.1) is 38.6 Å². The summed E-state index contributed by atoms with van der Waals surface area (Å²) in [6.45, 7) is 15.5. The summed E-state index contributed by atoms with van der Waals surface area (Å²) < 4.78 is 22.1. The Morgan fingerprint density at radius 2 is 0.810 bits per heavy atom. The van der Waals surface area contributed by atoms with Crippen LogP contribution < -0.4 is 9.47 Å². The number of benzene rings is 8. The fourth-order valence-electron chi connectivity index (χ4n) is 13.4. The average Bonchev–Trinajstić information content (AvgIpc) is 1.48. The molecule has 0 unspecified atom stereocenters. The van der Waals surface area contributed by atoms with Crippen molar-refractivity contribution in [1.82, 2.24) is 37.9 Å². The van der Waals surface area contributed by atoms with Gasteiger partial charge in [0.25, 0.3) is 11.9 Å². The van der Waals surface area contributed by atoms with Gasteiger partial charge in [0, 0.05) is 126 Å². The van der Waals surface area contributed by atoms with Gasteiger partial charge in [0.1, 0.15) is 23.1 Å². The molecule has 0 amide bonds. The number of pyridine rings is 6. The number of fused-ring (bicyclic) bond motifs is 22. The Balaban J connectivity index is 0.000000159. The predicted octanol–water partition coefficient (Wildman–Crippen LogP) is 20.5. The van der Waals surface area contributed by atoms with Gasteiger partial charge in [-0.3, -0.25) is 19.1 Å². The van der Waals surface area contributed by atoms with E-state index in [1.165, 1.54) is 32.8 Å². The normalized spacial score (nSPS) is 11.6. The van der Waals surface area contributed by atoms with Crippen molar-refractivity contribution in [2.45, 2.75) is 66.2 Å². The van der Waals surface area contributed by atoms with Crippen LogP contribution in [0.1, 0.15) is 66.5 Å². The summed E-state index contributed by atoms with van der Waals surface area (Å²) >= 11 is 0. The van der Waals surface area contributed by atoms with Crippen molar-refractivity contribution < 1.29 is 70.1 Å². The van der Waals surface area contributed by atoms with Crippen LogP contribution in [0.3, 0.4) is 0 Å². The number of carbonyl (C=O) groups is 2. The van der Waals surface area contributed by atoms with Gasteiger partial charge in [-0.25, -0.2) is 9.97 Å². The van der Waals surface area contributed by atoms with Gasteiger partial charge in [-0.1, -0.05) is 137 Å². The SMILES string of the molecule is CC(=O)O.CC(=O)O.CC(C)(C)c1ccnc(-n2c3[c-]c(Oc4[c-]c5c(cc4)c4cc6ccccc6n4c4cccnc54)ccc3c3ccccc32)c1.CC(C)(C)c1ccnc(-n2c3ccccc3c3ccc(Oc4ccc5c(c4)c4ncccc4n4c6ccccc6cc54)cc32)c1.[Pd+2].[Pd]. The Hall–Kier alpha value is -11.1. The molecule has 0 aliphatic rings. The maximum atomic E-state index is 9.00. The molecule has 0 atom stereocenters. The van der Waals surface area contributed by atoms with E-state index in [2.05, 4.69) is 266 Å². The topological polar surface area (TPSA) is 163 Å². The van der Waals surface area contributed by atoms with E-state index in [9.17, 15) is 0 Å². The van der Waals surface area contributed by atoms with E-state index in [0.717, 1.165) is 135 Å². The largest absolute Gasteiger partial charge is 2.00 e. The number of aliphatic carboxylic acids is 2. The summed E-state index contributed by atoms with van der Waals surface area (Å²) in [5.41, 5.74) is 15.2. The first kappa shape index (κ1) is 67.5. The molecule has 0 saturated carbocycles. The Morgan fingerprint density at radius 3 is 1.39 bits per heavy atom. The first-order chi connectivity index (χ1) is 47.3. The number of hydrogen-bond acceptors (Lipinski definition) is 8. The van der Waals surface area contributed by atoms with Gasteiger partial charge in [-0.2, -0.15) is 6.07 Å². The monoisotopic (exact) mass is 1490 g/mol. The van der Waals surface area contributed by atoms with Gasteiger partial charge in [-0.15, -0.1) is 29.0 Å².